The Morgan fingerprint density at radius 2 is 1.88 bits per heavy atom. The predicted molar refractivity (Wildman–Crippen MR) is 36.2 cm³/mol. The van der Waals surface area contributed by atoms with Gasteiger partial charge in [-0.05, 0) is 0 Å². The second-order valence-corrected chi connectivity index (χ2v) is 3.56. The van der Waals surface area contributed by atoms with E-state index >= 15 is 0 Å². The van der Waals surface area contributed by atoms with E-state index in [0.717, 1.165) is 12.8 Å². The van der Waals surface area contributed by atoms with Gasteiger partial charge in [-0.2, -0.15) is 0 Å². The van der Waals surface area contributed by atoms with Gasteiger partial charge in [0.15, 0.2) is 0 Å². The molecule has 1 rings (SSSR count). The Morgan fingerprint density at radius 3 is 2.12 bits per heavy atom. The van der Waals surface area contributed by atoms with E-state index in [0.29, 0.717) is 5.25 Å². The van der Waals surface area contributed by atoms with Crippen molar-refractivity contribution in [3.8, 4) is 0 Å². The van der Waals surface area contributed by atoms with Crippen LogP contribution in [0, 0.1) is 0 Å². The normalized spacial score (nSPS) is 21.8. The summed E-state index contributed by atoms with van der Waals surface area (Å²) in [5.41, 5.74) is 0. The molecule has 44 valence electrons. The van der Waals surface area contributed by atoms with Gasteiger partial charge < -0.3 is 0 Å². The molecule has 0 aromatic heterocycles. The van der Waals surface area contributed by atoms with Crippen LogP contribution in [0.4, 0.5) is 0 Å². The van der Waals surface area contributed by atoms with Gasteiger partial charge in [0.1, 0.15) is 0 Å². The van der Waals surface area contributed by atoms with E-state index in [4.69, 9.17) is 6.53 Å². The van der Waals surface area contributed by atoms with Gasteiger partial charge in [0, 0.05) is 0 Å². The molecule has 0 unspecified atom stereocenters. The average Bonchev–Trinajstić information content (AvgIpc) is 2.12. The molecule has 1 nitrogen and oxygen atoms in total. The van der Waals surface area contributed by atoms with Gasteiger partial charge in [0.05, 0.1) is 0 Å². The van der Waals surface area contributed by atoms with E-state index in [1.807, 2.05) is 0 Å². The molecule has 0 radical (unpaired) electrons. The Hall–Kier alpha value is 0.0849. The molecule has 3 heteroatoms. The van der Waals surface area contributed by atoms with Gasteiger partial charge in [0.25, 0.3) is 0 Å². The van der Waals surface area contributed by atoms with Crippen LogP contribution in [-0.4, -0.2) is 16.0 Å². The number of hydrogen-bond acceptors (Lipinski definition) is 1. The summed E-state index contributed by atoms with van der Waals surface area (Å²) in [6, 6.07) is 0. The predicted octanol–water partition coefficient (Wildman–Crippen LogP) is 0.761. The maximum absolute atomic E-state index is 10.5. The Balaban J connectivity index is 2.51. The van der Waals surface area contributed by atoms with Crippen LogP contribution >= 0.6 is 0 Å². The Morgan fingerprint density at radius 1 is 1.38 bits per heavy atom. The first kappa shape index (κ1) is 6.21. The van der Waals surface area contributed by atoms with Crippen molar-refractivity contribution in [2.24, 2.45) is 0 Å². The second-order valence-electron chi connectivity index (χ2n) is 2.23. The van der Waals surface area contributed by atoms with E-state index in [9.17, 15) is 4.21 Å². The third-order valence-corrected chi connectivity index (χ3v) is 2.76. The molecular formula is C5H9BOS. The van der Waals surface area contributed by atoms with Crippen molar-refractivity contribution in [1.82, 2.24) is 0 Å². The standard InChI is InChI=1S/C5H9BOS/c6-8(7)5-3-1-2-4-5/h5H,1-4H2. The van der Waals surface area contributed by atoms with E-state index in [1.54, 1.807) is 0 Å². The zero-order valence-electron chi connectivity index (χ0n) is 4.80. The minimum atomic E-state index is -1.04. The molecule has 1 fully saturated rings. The van der Waals surface area contributed by atoms with Crippen LogP contribution in [0.5, 0.6) is 0 Å². The third-order valence-electron chi connectivity index (χ3n) is 1.63. The van der Waals surface area contributed by atoms with Crippen LogP contribution in [0.1, 0.15) is 25.7 Å². The van der Waals surface area contributed by atoms with E-state index in [1.165, 1.54) is 12.8 Å². The van der Waals surface area contributed by atoms with Gasteiger partial charge in [0.2, 0.25) is 0 Å². The molecule has 0 aromatic rings. The summed E-state index contributed by atoms with van der Waals surface area (Å²) in [6.07, 6.45) is 4.58. The first-order valence-corrected chi connectivity index (χ1v) is 4.23. The molecule has 0 amide bonds. The van der Waals surface area contributed by atoms with Crippen LogP contribution in [0.3, 0.4) is 0 Å². The van der Waals surface area contributed by atoms with Crippen molar-refractivity contribution in [2.45, 2.75) is 30.9 Å². The molecular weight excluding hydrogens is 119 g/mol. The quantitative estimate of drug-likeness (QED) is 0.440. The number of hydrogen-bond donors (Lipinski definition) is 0. The van der Waals surface area contributed by atoms with Crippen LogP contribution in [0.2, 0.25) is 0 Å². The summed E-state index contributed by atoms with van der Waals surface area (Å²) < 4.78 is 10.5. The summed E-state index contributed by atoms with van der Waals surface area (Å²) in [5.74, 6) is 0. The Bertz CT molecular complexity index is 176. The fourth-order valence-electron chi connectivity index (χ4n) is 1.12. The van der Waals surface area contributed by atoms with E-state index in [2.05, 4.69) is 0 Å². The van der Waals surface area contributed by atoms with Gasteiger partial charge in [-0.15, -0.1) is 0 Å². The molecule has 0 saturated heterocycles. The first-order chi connectivity index (χ1) is 3.80. The van der Waals surface area contributed by atoms with Gasteiger partial charge in [-0.1, -0.05) is 0 Å². The Labute approximate surface area is 52.4 Å². The molecule has 8 heavy (non-hydrogen) atoms. The molecule has 0 N–H and O–H groups in total. The molecule has 0 heterocycles. The monoisotopic (exact) mass is 128 g/mol. The van der Waals surface area contributed by atoms with Gasteiger partial charge in [-0.3, -0.25) is 0 Å². The fourth-order valence-corrected chi connectivity index (χ4v) is 1.92. The topological polar surface area (TPSA) is 17.1 Å². The molecule has 1 saturated carbocycles. The van der Waals surface area contributed by atoms with Crippen LogP contribution in [-0.2, 0) is 10.0 Å². The molecule has 0 aromatic carbocycles. The molecule has 0 bridgehead atoms. The molecule has 0 spiro atoms. The number of rotatable bonds is 0. The third kappa shape index (κ3) is 1.28. The molecule has 1 aliphatic rings. The van der Waals surface area contributed by atoms with Gasteiger partial charge in [-0.25, -0.2) is 0 Å². The van der Waals surface area contributed by atoms with E-state index < -0.39 is 10.0 Å². The Kier molecular flexibility index (Phi) is 2.00. The van der Waals surface area contributed by atoms with Gasteiger partial charge >= 0.3 is 51.7 Å². The maximum atomic E-state index is 10.5. The SMILES string of the molecule is B#S(=O)C1CCCC1. The van der Waals surface area contributed by atoms with Crippen molar-refractivity contribution in [1.29, 1.82) is 0 Å². The van der Waals surface area contributed by atoms with Crippen LogP contribution in [0.15, 0.2) is 0 Å². The van der Waals surface area contributed by atoms with Crippen molar-refractivity contribution in [3.05, 3.63) is 0 Å². The van der Waals surface area contributed by atoms with Crippen molar-refractivity contribution in [3.63, 3.8) is 0 Å². The molecule has 0 aliphatic heterocycles. The minimum absolute atomic E-state index is 0.315. The zero-order chi connectivity index (χ0) is 5.98. The van der Waals surface area contributed by atoms with Crippen LogP contribution < -0.4 is 0 Å². The summed E-state index contributed by atoms with van der Waals surface area (Å²) in [6.45, 7) is 5.17. The first-order valence-electron chi connectivity index (χ1n) is 2.95. The van der Waals surface area contributed by atoms with Crippen molar-refractivity contribution >= 4 is 16.6 Å². The molecule has 0 atom stereocenters. The second kappa shape index (κ2) is 2.58. The summed E-state index contributed by atoms with van der Waals surface area (Å²) in [4.78, 5) is 0. The summed E-state index contributed by atoms with van der Waals surface area (Å²) in [5, 5.41) is 0.315. The average molecular weight is 128 g/mol. The summed E-state index contributed by atoms with van der Waals surface area (Å²) >= 11 is 0. The van der Waals surface area contributed by atoms with E-state index in [-0.39, 0.29) is 0 Å². The summed E-state index contributed by atoms with van der Waals surface area (Å²) in [7, 11) is -1.04. The van der Waals surface area contributed by atoms with Crippen molar-refractivity contribution in [2.75, 3.05) is 0 Å². The van der Waals surface area contributed by atoms with Crippen LogP contribution in [0.25, 0.3) is 0 Å². The molecule has 1 aliphatic carbocycles. The zero-order valence-corrected chi connectivity index (χ0v) is 5.62. The fraction of sp³-hybridized carbons (Fsp3) is 1.00. The van der Waals surface area contributed by atoms with Crippen molar-refractivity contribution < 1.29 is 4.21 Å².